The molecule has 1 unspecified atom stereocenters. The van der Waals surface area contributed by atoms with E-state index in [2.05, 4.69) is 10.6 Å². The summed E-state index contributed by atoms with van der Waals surface area (Å²) in [6.45, 7) is 0.105. The highest BCUT2D eigenvalue weighted by Gasteiger charge is 2.20. The van der Waals surface area contributed by atoms with Crippen molar-refractivity contribution in [2.75, 3.05) is 20.2 Å². The molecule has 144 valence electrons. The van der Waals surface area contributed by atoms with E-state index in [0.717, 1.165) is 5.56 Å². The van der Waals surface area contributed by atoms with Gasteiger partial charge in [-0.2, -0.15) is 0 Å². The van der Waals surface area contributed by atoms with E-state index in [1.807, 2.05) is 0 Å². The number of amides is 2. The van der Waals surface area contributed by atoms with Crippen LogP contribution < -0.4 is 15.4 Å². The molecule has 3 N–H and O–H groups in total. The van der Waals surface area contributed by atoms with Crippen molar-refractivity contribution in [3.8, 4) is 5.75 Å². The second kappa shape index (κ2) is 10.0. The largest absolute Gasteiger partial charge is 0.496 e. The van der Waals surface area contributed by atoms with Gasteiger partial charge in [-0.25, -0.2) is 0 Å². The third-order valence-corrected chi connectivity index (χ3v) is 3.94. The van der Waals surface area contributed by atoms with Crippen LogP contribution in [0.5, 0.6) is 5.75 Å². The maximum atomic E-state index is 11.9. The van der Waals surface area contributed by atoms with Crippen molar-refractivity contribution in [1.82, 2.24) is 10.6 Å². The number of carbonyl (C=O) groups is 3. The van der Waals surface area contributed by atoms with Crippen LogP contribution in [-0.4, -0.2) is 43.1 Å². The molecule has 1 aromatic carbocycles. The Morgan fingerprint density at radius 3 is 2.59 bits per heavy atom. The molecule has 0 radical (unpaired) electrons. The number of carbonyl (C=O) groups excluding carboxylic acids is 2. The summed E-state index contributed by atoms with van der Waals surface area (Å²) in [4.78, 5) is 35.1. The van der Waals surface area contributed by atoms with Gasteiger partial charge in [-0.3, -0.25) is 14.4 Å². The lowest BCUT2D eigenvalue weighted by molar-refractivity contribution is -0.141. The van der Waals surface area contributed by atoms with Crippen LogP contribution in [0.15, 0.2) is 47.1 Å². The molecule has 0 saturated carbocycles. The Morgan fingerprint density at radius 1 is 1.15 bits per heavy atom. The topological polar surface area (TPSA) is 118 Å². The van der Waals surface area contributed by atoms with Gasteiger partial charge in [0.05, 0.1) is 19.3 Å². The SMILES string of the molecule is COc1ccccc1CC(CNC(=O)CCNC(=O)c1ccco1)C(=O)O. The van der Waals surface area contributed by atoms with E-state index in [1.54, 1.807) is 30.3 Å². The first-order valence-corrected chi connectivity index (χ1v) is 8.44. The van der Waals surface area contributed by atoms with Gasteiger partial charge < -0.3 is 24.9 Å². The van der Waals surface area contributed by atoms with Gasteiger partial charge in [-0.05, 0) is 30.2 Å². The predicted molar refractivity (Wildman–Crippen MR) is 96.5 cm³/mol. The maximum absolute atomic E-state index is 11.9. The van der Waals surface area contributed by atoms with Crippen molar-refractivity contribution in [2.24, 2.45) is 5.92 Å². The zero-order chi connectivity index (χ0) is 19.6. The molecule has 0 aliphatic carbocycles. The number of carboxylic acid groups (broad SMARTS) is 1. The van der Waals surface area contributed by atoms with Crippen LogP contribution >= 0.6 is 0 Å². The Bertz CT molecular complexity index is 772. The second-order valence-electron chi connectivity index (χ2n) is 5.84. The van der Waals surface area contributed by atoms with Gasteiger partial charge in [-0.15, -0.1) is 0 Å². The highest BCUT2D eigenvalue weighted by Crippen LogP contribution is 2.21. The van der Waals surface area contributed by atoms with Gasteiger partial charge >= 0.3 is 5.97 Å². The zero-order valence-corrected chi connectivity index (χ0v) is 14.9. The summed E-state index contributed by atoms with van der Waals surface area (Å²) in [5.74, 6) is -1.78. The number of nitrogens with one attached hydrogen (secondary N) is 2. The van der Waals surface area contributed by atoms with Crippen LogP contribution in [0.25, 0.3) is 0 Å². The average molecular weight is 374 g/mol. The summed E-state index contributed by atoms with van der Waals surface area (Å²) in [6.07, 6.45) is 1.65. The lowest BCUT2D eigenvalue weighted by Gasteiger charge is -2.15. The first-order valence-electron chi connectivity index (χ1n) is 8.44. The lowest BCUT2D eigenvalue weighted by Crippen LogP contribution is -2.36. The van der Waals surface area contributed by atoms with Crippen LogP contribution in [0, 0.1) is 5.92 Å². The minimum absolute atomic E-state index is 0.0155. The molecule has 2 rings (SSSR count). The number of aliphatic carboxylic acids is 1. The predicted octanol–water partition coefficient (Wildman–Crippen LogP) is 1.47. The van der Waals surface area contributed by atoms with Crippen LogP contribution in [0.4, 0.5) is 0 Å². The number of hydrogen-bond donors (Lipinski definition) is 3. The highest BCUT2D eigenvalue weighted by molar-refractivity contribution is 5.91. The van der Waals surface area contributed by atoms with Gasteiger partial charge in [-0.1, -0.05) is 18.2 Å². The Balaban J connectivity index is 1.78. The van der Waals surface area contributed by atoms with Crippen molar-refractivity contribution < 1.29 is 28.6 Å². The molecule has 27 heavy (non-hydrogen) atoms. The molecule has 0 bridgehead atoms. The van der Waals surface area contributed by atoms with Gasteiger partial charge in [0, 0.05) is 19.5 Å². The normalized spacial score (nSPS) is 11.4. The maximum Gasteiger partial charge on any atom is 0.308 e. The van der Waals surface area contributed by atoms with Crippen molar-refractivity contribution in [1.29, 1.82) is 0 Å². The number of rotatable bonds is 10. The molecule has 0 aliphatic rings. The Hall–Kier alpha value is -3.29. The average Bonchev–Trinajstić information content (AvgIpc) is 3.20. The van der Waals surface area contributed by atoms with E-state index in [-0.39, 0.29) is 37.6 Å². The first-order chi connectivity index (χ1) is 13.0. The molecule has 8 heteroatoms. The number of ether oxygens (including phenoxy) is 1. The van der Waals surface area contributed by atoms with E-state index in [9.17, 15) is 19.5 Å². The second-order valence-corrected chi connectivity index (χ2v) is 5.84. The smallest absolute Gasteiger partial charge is 0.308 e. The lowest BCUT2D eigenvalue weighted by atomic mass is 9.98. The van der Waals surface area contributed by atoms with E-state index < -0.39 is 17.8 Å². The quantitative estimate of drug-likeness (QED) is 0.580. The van der Waals surface area contributed by atoms with Crippen molar-refractivity contribution >= 4 is 17.8 Å². The van der Waals surface area contributed by atoms with E-state index in [1.165, 1.54) is 19.4 Å². The van der Waals surface area contributed by atoms with Crippen molar-refractivity contribution in [3.63, 3.8) is 0 Å². The Kier molecular flexibility index (Phi) is 7.42. The van der Waals surface area contributed by atoms with Gasteiger partial charge in [0.25, 0.3) is 5.91 Å². The molecular formula is C19H22N2O6. The van der Waals surface area contributed by atoms with E-state index in [4.69, 9.17) is 9.15 Å². The fourth-order valence-corrected chi connectivity index (χ4v) is 2.49. The number of carboxylic acids is 1. The fraction of sp³-hybridized carbons (Fsp3) is 0.316. The third-order valence-electron chi connectivity index (χ3n) is 3.94. The Labute approximate surface area is 156 Å². The van der Waals surface area contributed by atoms with Crippen LogP contribution in [0.1, 0.15) is 22.5 Å². The van der Waals surface area contributed by atoms with E-state index >= 15 is 0 Å². The minimum Gasteiger partial charge on any atom is -0.496 e. The molecule has 0 saturated heterocycles. The van der Waals surface area contributed by atoms with Crippen molar-refractivity contribution in [3.05, 3.63) is 54.0 Å². The van der Waals surface area contributed by atoms with Crippen LogP contribution in [0.3, 0.4) is 0 Å². The first kappa shape index (κ1) is 20.0. The summed E-state index contributed by atoms with van der Waals surface area (Å²) >= 11 is 0. The summed E-state index contributed by atoms with van der Waals surface area (Å²) in [5, 5.41) is 14.6. The van der Waals surface area contributed by atoms with E-state index in [0.29, 0.717) is 5.75 Å². The van der Waals surface area contributed by atoms with Gasteiger partial charge in [0.1, 0.15) is 5.75 Å². The number of methoxy groups -OCH3 is 1. The molecule has 1 heterocycles. The fourth-order valence-electron chi connectivity index (χ4n) is 2.49. The number of furan rings is 1. The van der Waals surface area contributed by atoms with Gasteiger partial charge in [0.2, 0.25) is 5.91 Å². The molecule has 0 spiro atoms. The number of para-hydroxylation sites is 1. The standard InChI is InChI=1S/C19H22N2O6/c1-26-15-6-3-2-5-13(15)11-14(19(24)25)12-21-17(22)8-9-20-18(23)16-7-4-10-27-16/h2-7,10,14H,8-9,11-12H2,1H3,(H,20,23)(H,21,22)(H,24,25). The zero-order valence-electron chi connectivity index (χ0n) is 14.9. The monoisotopic (exact) mass is 374 g/mol. The molecular weight excluding hydrogens is 352 g/mol. The minimum atomic E-state index is -1.01. The summed E-state index contributed by atoms with van der Waals surface area (Å²) in [7, 11) is 1.52. The molecule has 1 atom stereocenters. The number of benzene rings is 1. The molecule has 2 aromatic rings. The molecule has 1 aromatic heterocycles. The van der Waals surface area contributed by atoms with Gasteiger partial charge in [0.15, 0.2) is 5.76 Å². The molecule has 0 aliphatic heterocycles. The van der Waals surface area contributed by atoms with Crippen molar-refractivity contribution in [2.45, 2.75) is 12.8 Å². The highest BCUT2D eigenvalue weighted by atomic mass is 16.5. The molecule has 2 amide bonds. The molecule has 0 fully saturated rings. The summed E-state index contributed by atoms with van der Waals surface area (Å²) < 4.78 is 10.2. The Morgan fingerprint density at radius 2 is 1.93 bits per heavy atom. The summed E-state index contributed by atoms with van der Waals surface area (Å²) in [5.41, 5.74) is 0.757. The third kappa shape index (κ3) is 6.18. The van der Waals surface area contributed by atoms with Crippen LogP contribution in [-0.2, 0) is 16.0 Å². The molecule has 8 nitrogen and oxygen atoms in total. The number of hydrogen-bond acceptors (Lipinski definition) is 5. The summed E-state index contributed by atoms with van der Waals surface area (Å²) in [6, 6.07) is 10.3. The van der Waals surface area contributed by atoms with Crippen LogP contribution in [0.2, 0.25) is 0 Å².